The maximum absolute atomic E-state index is 12.1. The van der Waals surface area contributed by atoms with Crippen LogP contribution in [-0.4, -0.2) is 21.5 Å². The first kappa shape index (κ1) is 16.2. The molecule has 2 aromatic rings. The summed E-state index contributed by atoms with van der Waals surface area (Å²) in [6.07, 6.45) is 0. The summed E-state index contributed by atoms with van der Waals surface area (Å²) in [4.78, 5) is 11.3. The lowest BCUT2D eigenvalue weighted by Crippen LogP contribution is -2.22. The summed E-state index contributed by atoms with van der Waals surface area (Å²) in [7, 11) is -2.24. The number of methoxy groups -OCH3 is 1. The van der Waals surface area contributed by atoms with E-state index in [2.05, 4.69) is 25.4 Å². The normalized spacial score (nSPS) is 11.3. The number of rotatable bonds is 5. The van der Waals surface area contributed by atoms with Crippen molar-refractivity contribution >= 4 is 43.3 Å². The van der Waals surface area contributed by atoms with Crippen molar-refractivity contribution in [3.05, 3.63) is 51.3 Å². The zero-order valence-electron chi connectivity index (χ0n) is 11.0. The molecule has 0 amide bonds. The van der Waals surface area contributed by atoms with Gasteiger partial charge in [0.15, 0.2) is 0 Å². The van der Waals surface area contributed by atoms with Crippen LogP contribution in [0.5, 0.6) is 0 Å². The van der Waals surface area contributed by atoms with E-state index in [4.69, 9.17) is 0 Å². The fourth-order valence-electron chi connectivity index (χ4n) is 1.59. The van der Waals surface area contributed by atoms with Gasteiger partial charge in [-0.05, 0) is 45.1 Å². The van der Waals surface area contributed by atoms with Crippen LogP contribution >= 0.6 is 27.3 Å². The van der Waals surface area contributed by atoms with E-state index >= 15 is 0 Å². The highest BCUT2D eigenvalue weighted by Gasteiger charge is 2.18. The van der Waals surface area contributed by atoms with Crippen LogP contribution < -0.4 is 4.72 Å². The molecule has 0 aliphatic heterocycles. The molecule has 0 unspecified atom stereocenters. The molecular weight excluding hydrogens is 378 g/mol. The predicted molar refractivity (Wildman–Crippen MR) is 83.8 cm³/mol. The summed E-state index contributed by atoms with van der Waals surface area (Å²) in [5.74, 6) is -0.426. The molecule has 8 heteroatoms. The lowest BCUT2D eigenvalue weighted by molar-refractivity contribution is 0.0600. The lowest BCUT2D eigenvalue weighted by Gasteiger charge is -2.06. The molecule has 0 radical (unpaired) electrons. The highest BCUT2D eigenvalue weighted by molar-refractivity contribution is 9.10. The van der Waals surface area contributed by atoms with Gasteiger partial charge in [-0.3, -0.25) is 0 Å². The number of carbonyl (C=O) groups is 1. The maximum atomic E-state index is 12.1. The van der Waals surface area contributed by atoms with E-state index < -0.39 is 16.0 Å². The van der Waals surface area contributed by atoms with Gasteiger partial charge in [0.05, 0.1) is 12.7 Å². The SMILES string of the molecule is COC(=O)c1ccc(CNS(=O)(=O)c2sccc2Br)cc1. The molecule has 0 aliphatic rings. The fourth-order valence-corrected chi connectivity index (χ4v) is 4.99. The number of benzene rings is 1. The summed E-state index contributed by atoms with van der Waals surface area (Å²) < 4.78 is 32.1. The smallest absolute Gasteiger partial charge is 0.337 e. The summed E-state index contributed by atoms with van der Waals surface area (Å²) >= 11 is 4.34. The number of ether oxygens (including phenoxy) is 1. The number of carbonyl (C=O) groups excluding carboxylic acids is 1. The minimum absolute atomic E-state index is 0.147. The quantitative estimate of drug-likeness (QED) is 0.797. The summed E-state index contributed by atoms with van der Waals surface area (Å²) in [5, 5.41) is 1.70. The number of hydrogen-bond donors (Lipinski definition) is 1. The van der Waals surface area contributed by atoms with Gasteiger partial charge in [0, 0.05) is 11.0 Å². The molecule has 0 spiro atoms. The van der Waals surface area contributed by atoms with Gasteiger partial charge < -0.3 is 4.74 Å². The molecule has 0 aliphatic carbocycles. The number of nitrogens with one attached hydrogen (secondary N) is 1. The number of hydrogen-bond acceptors (Lipinski definition) is 5. The topological polar surface area (TPSA) is 72.5 Å². The van der Waals surface area contributed by atoms with Crippen molar-refractivity contribution in [2.24, 2.45) is 0 Å². The molecule has 0 bridgehead atoms. The Morgan fingerprint density at radius 2 is 1.95 bits per heavy atom. The number of halogens is 1. The van der Waals surface area contributed by atoms with Gasteiger partial charge in [-0.25, -0.2) is 17.9 Å². The molecule has 1 aromatic heterocycles. The molecule has 1 heterocycles. The monoisotopic (exact) mass is 389 g/mol. The summed E-state index contributed by atoms with van der Waals surface area (Å²) in [6, 6.07) is 8.23. The van der Waals surface area contributed by atoms with Crippen LogP contribution in [-0.2, 0) is 21.3 Å². The van der Waals surface area contributed by atoms with Gasteiger partial charge in [-0.2, -0.15) is 0 Å². The molecular formula is C13H12BrNO4S2. The van der Waals surface area contributed by atoms with E-state index in [1.54, 1.807) is 35.7 Å². The second kappa shape index (κ2) is 6.69. The number of thiophene rings is 1. The zero-order chi connectivity index (χ0) is 15.5. The molecule has 0 atom stereocenters. The average molecular weight is 390 g/mol. The molecule has 0 fully saturated rings. The highest BCUT2D eigenvalue weighted by atomic mass is 79.9. The third-order valence-electron chi connectivity index (χ3n) is 2.67. The van der Waals surface area contributed by atoms with E-state index in [1.165, 1.54) is 7.11 Å². The van der Waals surface area contributed by atoms with Crippen molar-refractivity contribution < 1.29 is 17.9 Å². The average Bonchev–Trinajstić information content (AvgIpc) is 2.92. The minimum Gasteiger partial charge on any atom is -0.465 e. The van der Waals surface area contributed by atoms with E-state index in [0.29, 0.717) is 10.0 Å². The van der Waals surface area contributed by atoms with Crippen molar-refractivity contribution in [1.82, 2.24) is 4.72 Å². The van der Waals surface area contributed by atoms with E-state index in [0.717, 1.165) is 16.9 Å². The molecule has 1 aromatic carbocycles. The van der Waals surface area contributed by atoms with E-state index in [9.17, 15) is 13.2 Å². The first-order valence-corrected chi connectivity index (χ1v) is 8.99. The Hall–Kier alpha value is -1.22. The molecule has 2 rings (SSSR count). The van der Waals surface area contributed by atoms with Crippen LogP contribution in [0.15, 0.2) is 44.4 Å². The summed E-state index contributed by atoms with van der Waals surface area (Å²) in [6.45, 7) is 0.147. The van der Waals surface area contributed by atoms with Crippen LogP contribution in [0.2, 0.25) is 0 Å². The van der Waals surface area contributed by atoms with Crippen molar-refractivity contribution in [2.75, 3.05) is 7.11 Å². The molecule has 0 saturated carbocycles. The standard InChI is InChI=1S/C13H12BrNO4S2/c1-19-12(16)10-4-2-9(3-5-10)8-15-21(17,18)13-11(14)6-7-20-13/h2-7,15H,8H2,1H3. The van der Waals surface area contributed by atoms with Crippen molar-refractivity contribution in [2.45, 2.75) is 10.8 Å². The van der Waals surface area contributed by atoms with Crippen molar-refractivity contribution in [3.8, 4) is 0 Å². The Labute approximate surface area is 135 Å². The molecule has 112 valence electrons. The van der Waals surface area contributed by atoms with Crippen molar-refractivity contribution in [1.29, 1.82) is 0 Å². The Bertz CT molecular complexity index is 738. The Kier molecular flexibility index (Phi) is 5.15. The Morgan fingerprint density at radius 3 is 2.48 bits per heavy atom. The second-order valence-electron chi connectivity index (χ2n) is 4.07. The van der Waals surface area contributed by atoms with E-state index in [1.807, 2.05) is 0 Å². The number of sulfonamides is 1. The molecule has 1 N–H and O–H groups in total. The van der Waals surface area contributed by atoms with Crippen LogP contribution in [0.25, 0.3) is 0 Å². The van der Waals surface area contributed by atoms with Gasteiger partial charge in [-0.1, -0.05) is 12.1 Å². The third kappa shape index (κ3) is 3.91. The van der Waals surface area contributed by atoms with Crippen LogP contribution in [0.4, 0.5) is 0 Å². The first-order valence-electron chi connectivity index (χ1n) is 5.84. The number of esters is 1. The fraction of sp³-hybridized carbons (Fsp3) is 0.154. The highest BCUT2D eigenvalue weighted by Crippen LogP contribution is 2.27. The minimum atomic E-state index is -3.55. The van der Waals surface area contributed by atoms with Gasteiger partial charge in [-0.15, -0.1) is 11.3 Å². The Balaban J connectivity index is 2.06. The van der Waals surface area contributed by atoms with Crippen LogP contribution in [0, 0.1) is 0 Å². The lowest BCUT2D eigenvalue weighted by atomic mass is 10.1. The van der Waals surface area contributed by atoms with E-state index in [-0.39, 0.29) is 10.8 Å². The summed E-state index contributed by atoms with van der Waals surface area (Å²) in [5.41, 5.74) is 1.17. The predicted octanol–water partition coefficient (Wildman–Crippen LogP) is 2.78. The van der Waals surface area contributed by atoms with Gasteiger partial charge >= 0.3 is 5.97 Å². The molecule has 21 heavy (non-hydrogen) atoms. The zero-order valence-corrected chi connectivity index (χ0v) is 14.2. The van der Waals surface area contributed by atoms with Gasteiger partial charge in [0.1, 0.15) is 4.21 Å². The Morgan fingerprint density at radius 1 is 1.29 bits per heavy atom. The largest absolute Gasteiger partial charge is 0.465 e. The molecule has 5 nitrogen and oxygen atoms in total. The molecule has 0 saturated heterocycles. The first-order chi connectivity index (χ1) is 9.94. The van der Waals surface area contributed by atoms with Crippen molar-refractivity contribution in [3.63, 3.8) is 0 Å². The maximum Gasteiger partial charge on any atom is 0.337 e. The third-order valence-corrected chi connectivity index (χ3v) is 6.74. The second-order valence-corrected chi connectivity index (χ2v) is 7.80. The van der Waals surface area contributed by atoms with Gasteiger partial charge in [0.2, 0.25) is 0 Å². The van der Waals surface area contributed by atoms with Crippen LogP contribution in [0.3, 0.4) is 0 Å². The van der Waals surface area contributed by atoms with Gasteiger partial charge in [0.25, 0.3) is 10.0 Å². The van der Waals surface area contributed by atoms with Crippen LogP contribution in [0.1, 0.15) is 15.9 Å².